The molecule has 3 N–H and O–H groups in total. The smallest absolute Gasteiger partial charge is 0.251 e. The normalized spacial score (nSPS) is 15.3. The summed E-state index contributed by atoms with van der Waals surface area (Å²) in [6, 6.07) is 11.9. The molecule has 1 heterocycles. The first-order valence-corrected chi connectivity index (χ1v) is 7.77. The second kappa shape index (κ2) is 5.62. The van der Waals surface area contributed by atoms with Crippen molar-refractivity contribution in [2.24, 2.45) is 5.73 Å². The van der Waals surface area contributed by atoms with Gasteiger partial charge in [0.05, 0.1) is 6.04 Å². The molecule has 1 aliphatic rings. The number of aryl methyl sites for hydroxylation is 1. The van der Waals surface area contributed by atoms with E-state index in [1.54, 1.807) is 0 Å². The third kappa shape index (κ3) is 2.87. The Balaban J connectivity index is 2.00. The topological polar surface area (TPSA) is 55.1 Å². The Bertz CT molecular complexity index is 692. The first kappa shape index (κ1) is 14.3. The lowest BCUT2D eigenvalue weighted by atomic mass is 9.92. The van der Waals surface area contributed by atoms with Gasteiger partial charge >= 0.3 is 0 Å². The molecule has 1 unspecified atom stereocenters. The van der Waals surface area contributed by atoms with Gasteiger partial charge in [0.15, 0.2) is 0 Å². The molecule has 0 radical (unpaired) electrons. The number of hydrogen-bond acceptors (Lipinski definition) is 2. The Morgan fingerprint density at radius 2 is 2.00 bits per heavy atom. The molecule has 2 aromatic rings. The quantitative estimate of drug-likeness (QED) is 0.879. The molecule has 2 aromatic carbocycles. The van der Waals surface area contributed by atoms with Gasteiger partial charge in [0.2, 0.25) is 0 Å². The maximum absolute atomic E-state index is 11.9. The fourth-order valence-electron chi connectivity index (χ4n) is 2.76. The molecule has 4 heteroatoms. The van der Waals surface area contributed by atoms with Crippen LogP contribution in [0, 0.1) is 6.92 Å². The first-order chi connectivity index (χ1) is 10.0. The predicted octanol–water partition coefficient (Wildman–Crippen LogP) is 3.09. The molecule has 0 aromatic heterocycles. The molecular formula is C17H17BrN2O. The van der Waals surface area contributed by atoms with Gasteiger partial charge in [0, 0.05) is 16.6 Å². The fourth-order valence-corrected chi connectivity index (χ4v) is 3.38. The Morgan fingerprint density at radius 3 is 2.76 bits per heavy atom. The summed E-state index contributed by atoms with van der Waals surface area (Å²) in [5, 5.41) is 2.88. The van der Waals surface area contributed by atoms with Crippen LogP contribution in [-0.2, 0) is 6.42 Å². The van der Waals surface area contributed by atoms with Crippen molar-refractivity contribution in [2.45, 2.75) is 19.4 Å². The number of carbonyl (C=O) groups excluding carboxylic acids is 1. The molecular weight excluding hydrogens is 328 g/mol. The van der Waals surface area contributed by atoms with Crippen molar-refractivity contribution in [2.75, 3.05) is 6.54 Å². The molecule has 3 rings (SSSR count). The van der Waals surface area contributed by atoms with E-state index < -0.39 is 0 Å². The zero-order valence-corrected chi connectivity index (χ0v) is 13.4. The molecule has 0 bridgehead atoms. The highest BCUT2D eigenvalue weighted by molar-refractivity contribution is 9.10. The first-order valence-electron chi connectivity index (χ1n) is 6.98. The number of nitrogens with one attached hydrogen (secondary N) is 1. The van der Waals surface area contributed by atoms with E-state index in [1.165, 1.54) is 0 Å². The highest BCUT2D eigenvalue weighted by Gasteiger charge is 2.19. The summed E-state index contributed by atoms with van der Waals surface area (Å²) in [5.74, 6) is -0.00396. The van der Waals surface area contributed by atoms with E-state index in [0.717, 1.165) is 38.7 Å². The van der Waals surface area contributed by atoms with Crippen LogP contribution in [-0.4, -0.2) is 12.5 Å². The number of hydrogen-bond donors (Lipinski definition) is 2. The highest BCUT2D eigenvalue weighted by Crippen LogP contribution is 2.26. The third-order valence-electron chi connectivity index (χ3n) is 3.84. The number of carbonyl (C=O) groups is 1. The van der Waals surface area contributed by atoms with Gasteiger partial charge in [-0.05, 0) is 53.8 Å². The van der Waals surface area contributed by atoms with Crippen LogP contribution in [0.25, 0.3) is 0 Å². The van der Waals surface area contributed by atoms with E-state index in [4.69, 9.17) is 5.73 Å². The molecule has 0 saturated heterocycles. The SMILES string of the molecule is Cc1cc(Br)cc(C(N)c2ccc3c(c2)C(=O)NCC3)c1. The molecule has 3 nitrogen and oxygen atoms in total. The van der Waals surface area contributed by atoms with Gasteiger partial charge in [-0.1, -0.05) is 34.1 Å². The number of fused-ring (bicyclic) bond motifs is 1. The third-order valence-corrected chi connectivity index (χ3v) is 4.30. The summed E-state index contributed by atoms with van der Waals surface area (Å²) < 4.78 is 1.02. The largest absolute Gasteiger partial charge is 0.352 e. The lowest BCUT2D eigenvalue weighted by molar-refractivity contribution is 0.0946. The minimum absolute atomic E-state index is 0.00396. The average molecular weight is 345 g/mol. The van der Waals surface area contributed by atoms with Crippen LogP contribution in [0.4, 0.5) is 0 Å². The van der Waals surface area contributed by atoms with Crippen LogP contribution in [0.15, 0.2) is 40.9 Å². The Labute approximate surface area is 132 Å². The van der Waals surface area contributed by atoms with E-state index in [-0.39, 0.29) is 11.9 Å². The van der Waals surface area contributed by atoms with Crippen molar-refractivity contribution in [3.05, 3.63) is 68.7 Å². The molecule has 0 spiro atoms. The summed E-state index contributed by atoms with van der Waals surface area (Å²) >= 11 is 3.50. The van der Waals surface area contributed by atoms with Gasteiger partial charge in [-0.25, -0.2) is 0 Å². The van der Waals surface area contributed by atoms with E-state index >= 15 is 0 Å². The fraction of sp³-hybridized carbons (Fsp3) is 0.235. The Morgan fingerprint density at radius 1 is 1.19 bits per heavy atom. The van der Waals surface area contributed by atoms with Gasteiger partial charge in [-0.2, -0.15) is 0 Å². The molecule has 1 atom stereocenters. The summed E-state index contributed by atoms with van der Waals surface area (Å²) in [6.45, 7) is 2.75. The van der Waals surface area contributed by atoms with Crippen molar-refractivity contribution in [1.82, 2.24) is 5.32 Å². The van der Waals surface area contributed by atoms with Crippen LogP contribution >= 0.6 is 15.9 Å². The second-order valence-corrected chi connectivity index (χ2v) is 6.38. The molecule has 1 aliphatic heterocycles. The van der Waals surface area contributed by atoms with Crippen molar-refractivity contribution >= 4 is 21.8 Å². The van der Waals surface area contributed by atoms with Crippen LogP contribution < -0.4 is 11.1 Å². The minimum atomic E-state index is -0.235. The van der Waals surface area contributed by atoms with Gasteiger partial charge in [-0.3, -0.25) is 4.79 Å². The Hall–Kier alpha value is -1.65. The van der Waals surface area contributed by atoms with Crippen LogP contribution in [0.2, 0.25) is 0 Å². The number of nitrogens with two attached hydrogens (primary N) is 1. The van der Waals surface area contributed by atoms with Gasteiger partial charge in [-0.15, -0.1) is 0 Å². The van der Waals surface area contributed by atoms with Crippen LogP contribution in [0.5, 0.6) is 0 Å². The highest BCUT2D eigenvalue weighted by atomic mass is 79.9. The number of halogens is 1. The van der Waals surface area contributed by atoms with E-state index in [0.29, 0.717) is 6.54 Å². The summed E-state index contributed by atoms with van der Waals surface area (Å²) in [6.07, 6.45) is 0.882. The number of amides is 1. The zero-order chi connectivity index (χ0) is 15.0. The second-order valence-electron chi connectivity index (χ2n) is 5.46. The molecule has 0 fully saturated rings. The summed E-state index contributed by atoms with van der Waals surface area (Å²) in [7, 11) is 0. The monoisotopic (exact) mass is 344 g/mol. The van der Waals surface area contributed by atoms with Crippen molar-refractivity contribution in [3.63, 3.8) is 0 Å². The zero-order valence-electron chi connectivity index (χ0n) is 11.8. The summed E-state index contributed by atoms with van der Waals surface area (Å²) in [5.41, 5.74) is 11.4. The minimum Gasteiger partial charge on any atom is -0.352 e. The van der Waals surface area contributed by atoms with Crippen LogP contribution in [0.3, 0.4) is 0 Å². The number of rotatable bonds is 2. The molecule has 0 saturated carbocycles. The Kier molecular flexibility index (Phi) is 3.83. The standard InChI is InChI=1S/C17H17BrN2O/c1-10-6-13(8-14(18)7-10)16(19)12-3-2-11-4-5-20-17(21)15(11)9-12/h2-3,6-9,16H,4-5,19H2,1H3,(H,20,21). The lowest BCUT2D eigenvalue weighted by Gasteiger charge is -2.20. The number of benzene rings is 2. The molecule has 0 aliphatic carbocycles. The van der Waals surface area contributed by atoms with Gasteiger partial charge in [0.1, 0.15) is 0 Å². The van der Waals surface area contributed by atoms with Crippen molar-refractivity contribution < 1.29 is 4.79 Å². The van der Waals surface area contributed by atoms with Crippen molar-refractivity contribution in [3.8, 4) is 0 Å². The van der Waals surface area contributed by atoms with Crippen molar-refractivity contribution in [1.29, 1.82) is 0 Å². The predicted molar refractivity (Wildman–Crippen MR) is 87.4 cm³/mol. The van der Waals surface area contributed by atoms with E-state index in [1.807, 2.05) is 31.2 Å². The maximum atomic E-state index is 11.9. The molecule has 108 valence electrons. The van der Waals surface area contributed by atoms with E-state index in [9.17, 15) is 4.79 Å². The molecule has 21 heavy (non-hydrogen) atoms. The van der Waals surface area contributed by atoms with Gasteiger partial charge < -0.3 is 11.1 Å². The molecule has 1 amide bonds. The summed E-state index contributed by atoms with van der Waals surface area (Å²) in [4.78, 5) is 11.9. The van der Waals surface area contributed by atoms with Gasteiger partial charge in [0.25, 0.3) is 5.91 Å². The maximum Gasteiger partial charge on any atom is 0.251 e. The average Bonchev–Trinajstić information content (AvgIpc) is 2.45. The van der Waals surface area contributed by atoms with Crippen LogP contribution in [0.1, 0.15) is 38.7 Å². The lowest BCUT2D eigenvalue weighted by Crippen LogP contribution is -2.32. The van der Waals surface area contributed by atoms with E-state index in [2.05, 4.69) is 33.4 Å².